The van der Waals surface area contributed by atoms with E-state index < -0.39 is 6.10 Å². The molecule has 0 fully saturated rings. The van der Waals surface area contributed by atoms with Gasteiger partial charge in [0.05, 0.1) is 12.2 Å². The van der Waals surface area contributed by atoms with E-state index in [1.54, 1.807) is 30.3 Å². The number of carbonyl (C=O) groups excluding carboxylic acids is 1. The lowest BCUT2D eigenvalue weighted by atomic mass is 10.2. The number of fused-ring (bicyclic) bond motifs is 1. The van der Waals surface area contributed by atoms with Gasteiger partial charge in [0, 0.05) is 19.6 Å². The predicted molar refractivity (Wildman–Crippen MR) is 121 cm³/mol. The third-order valence-corrected chi connectivity index (χ3v) is 4.64. The van der Waals surface area contributed by atoms with Gasteiger partial charge in [-0.3, -0.25) is 4.79 Å². The molecule has 8 heteroatoms. The molecule has 0 saturated heterocycles. The maximum atomic E-state index is 12.4. The molecule has 0 aliphatic carbocycles. The summed E-state index contributed by atoms with van der Waals surface area (Å²) in [7, 11) is 0. The third kappa shape index (κ3) is 6.90. The fourth-order valence-electron chi connectivity index (χ4n) is 3.07. The predicted octanol–water partition coefficient (Wildman–Crippen LogP) is 2.17. The monoisotopic (exact) mass is 442 g/mol. The van der Waals surface area contributed by atoms with E-state index in [2.05, 4.69) is 17.2 Å². The first kappa shape index (κ1) is 23.4. The number of aliphatic hydroxyl groups excluding tert-OH is 1. The number of amides is 1. The molecule has 1 unspecified atom stereocenters. The summed E-state index contributed by atoms with van der Waals surface area (Å²) < 4.78 is 22.4. The zero-order valence-electron chi connectivity index (χ0n) is 18.0. The quantitative estimate of drug-likeness (QED) is 0.323. The van der Waals surface area contributed by atoms with Crippen molar-refractivity contribution in [2.75, 3.05) is 46.1 Å². The van der Waals surface area contributed by atoms with E-state index in [0.29, 0.717) is 74.4 Å². The molecule has 1 amide bonds. The topological polar surface area (TPSA) is 98.3 Å². The lowest BCUT2D eigenvalue weighted by Crippen LogP contribution is -2.37. The highest BCUT2D eigenvalue weighted by Gasteiger charge is 2.17. The van der Waals surface area contributed by atoms with Crippen molar-refractivity contribution in [3.63, 3.8) is 0 Å². The molecule has 0 bridgehead atoms. The molecule has 3 N–H and O–H groups in total. The van der Waals surface area contributed by atoms with Gasteiger partial charge in [-0.05, 0) is 30.7 Å². The molecule has 1 aliphatic heterocycles. The van der Waals surface area contributed by atoms with Crippen LogP contribution in [0.1, 0.15) is 16.8 Å². The molecule has 32 heavy (non-hydrogen) atoms. The second-order valence-electron chi connectivity index (χ2n) is 7.13. The van der Waals surface area contributed by atoms with Gasteiger partial charge in [-0.15, -0.1) is 6.58 Å². The van der Waals surface area contributed by atoms with Crippen LogP contribution in [0.5, 0.6) is 23.0 Å². The van der Waals surface area contributed by atoms with E-state index in [0.717, 1.165) is 0 Å². The third-order valence-electron chi connectivity index (χ3n) is 4.64. The van der Waals surface area contributed by atoms with Crippen LogP contribution in [0.2, 0.25) is 0 Å². The number of ether oxygens (including phenoxy) is 4. The first-order chi connectivity index (χ1) is 15.7. The summed E-state index contributed by atoms with van der Waals surface area (Å²) in [4.78, 5) is 12.4. The first-order valence-corrected chi connectivity index (χ1v) is 10.7. The minimum Gasteiger partial charge on any atom is -0.492 e. The van der Waals surface area contributed by atoms with Crippen LogP contribution in [0, 0.1) is 0 Å². The zero-order chi connectivity index (χ0) is 22.6. The number of hydrogen-bond donors (Lipinski definition) is 3. The van der Waals surface area contributed by atoms with Gasteiger partial charge in [-0.2, -0.15) is 0 Å². The average Bonchev–Trinajstić information content (AvgIpc) is 2.83. The Morgan fingerprint density at radius 1 is 1.09 bits per heavy atom. The molecule has 0 aromatic heterocycles. The highest BCUT2D eigenvalue weighted by molar-refractivity contribution is 5.96. The Bertz CT molecular complexity index is 889. The molecule has 0 saturated carbocycles. The van der Waals surface area contributed by atoms with Gasteiger partial charge in [-0.25, -0.2) is 0 Å². The molecule has 0 radical (unpaired) electrons. The summed E-state index contributed by atoms with van der Waals surface area (Å²) in [5.74, 6) is 2.09. The second-order valence-corrected chi connectivity index (χ2v) is 7.13. The van der Waals surface area contributed by atoms with E-state index in [-0.39, 0.29) is 12.5 Å². The Morgan fingerprint density at radius 3 is 2.78 bits per heavy atom. The van der Waals surface area contributed by atoms with Crippen LogP contribution < -0.4 is 29.6 Å². The first-order valence-electron chi connectivity index (χ1n) is 10.7. The van der Waals surface area contributed by atoms with E-state index in [9.17, 15) is 9.90 Å². The van der Waals surface area contributed by atoms with Crippen LogP contribution in [-0.2, 0) is 0 Å². The number of rotatable bonds is 13. The van der Waals surface area contributed by atoms with Crippen molar-refractivity contribution in [3.05, 3.63) is 60.7 Å². The van der Waals surface area contributed by atoms with Crippen LogP contribution in [0.25, 0.3) is 0 Å². The Morgan fingerprint density at radius 2 is 1.91 bits per heavy atom. The van der Waals surface area contributed by atoms with Crippen molar-refractivity contribution >= 4 is 5.91 Å². The lowest BCUT2D eigenvalue weighted by molar-refractivity contribution is 0.0943. The number of para-hydroxylation sites is 2. The number of nitrogens with one attached hydrogen (secondary N) is 2. The number of hydrogen-bond acceptors (Lipinski definition) is 7. The Kier molecular flexibility index (Phi) is 9.21. The van der Waals surface area contributed by atoms with Crippen LogP contribution >= 0.6 is 0 Å². The minimum absolute atomic E-state index is 0.106. The summed E-state index contributed by atoms with van der Waals surface area (Å²) in [6, 6.07) is 12.5. The molecule has 0 spiro atoms. The highest BCUT2D eigenvalue weighted by atomic mass is 16.6. The largest absolute Gasteiger partial charge is 0.492 e. The van der Waals surface area contributed by atoms with Crippen molar-refractivity contribution in [3.8, 4) is 23.0 Å². The molecule has 2 aromatic carbocycles. The van der Waals surface area contributed by atoms with Crippen molar-refractivity contribution in [1.82, 2.24) is 10.6 Å². The second kappa shape index (κ2) is 12.6. The van der Waals surface area contributed by atoms with Crippen LogP contribution in [0.4, 0.5) is 0 Å². The normalized spacial score (nSPS) is 13.2. The molecular formula is C24H30N2O6. The van der Waals surface area contributed by atoms with Gasteiger partial charge in [0.1, 0.15) is 31.7 Å². The fourth-order valence-corrected chi connectivity index (χ4v) is 3.07. The molecule has 8 nitrogen and oxygen atoms in total. The van der Waals surface area contributed by atoms with Gasteiger partial charge in [-0.1, -0.05) is 24.3 Å². The minimum atomic E-state index is -0.718. The number of carbonyl (C=O) groups is 1. The van der Waals surface area contributed by atoms with Gasteiger partial charge >= 0.3 is 0 Å². The van der Waals surface area contributed by atoms with E-state index in [1.165, 1.54) is 0 Å². The van der Waals surface area contributed by atoms with Crippen molar-refractivity contribution in [2.45, 2.75) is 12.5 Å². The van der Waals surface area contributed by atoms with Crippen LogP contribution in [0.15, 0.2) is 55.1 Å². The average molecular weight is 443 g/mol. The Balaban J connectivity index is 1.34. The highest BCUT2D eigenvalue weighted by Crippen LogP contribution is 2.38. The summed E-state index contributed by atoms with van der Waals surface area (Å²) in [5, 5.41) is 16.1. The summed E-state index contributed by atoms with van der Waals surface area (Å²) >= 11 is 0. The number of benzene rings is 2. The standard InChI is InChI=1S/C24H30N2O6/c1-2-3-13-29-20-8-5-4-7-19(20)24(28)26-12-11-25-16-18(27)17-32-22-10-6-9-21-23(22)31-15-14-30-21/h2,4-10,18,25,27H,1,3,11-17H2,(H,26,28). The summed E-state index contributed by atoms with van der Waals surface area (Å²) in [6.45, 7) is 6.44. The van der Waals surface area contributed by atoms with E-state index in [1.807, 2.05) is 18.2 Å². The molecule has 3 rings (SSSR count). The maximum Gasteiger partial charge on any atom is 0.255 e. The zero-order valence-corrected chi connectivity index (χ0v) is 18.0. The van der Waals surface area contributed by atoms with Crippen molar-refractivity contribution < 1.29 is 28.8 Å². The van der Waals surface area contributed by atoms with Crippen LogP contribution in [-0.4, -0.2) is 63.2 Å². The lowest BCUT2D eigenvalue weighted by Gasteiger charge is -2.21. The van der Waals surface area contributed by atoms with Gasteiger partial charge in [0.25, 0.3) is 5.91 Å². The molecule has 1 heterocycles. The Hall–Kier alpha value is -3.23. The molecule has 2 aromatic rings. The van der Waals surface area contributed by atoms with Crippen molar-refractivity contribution in [2.24, 2.45) is 0 Å². The molecule has 172 valence electrons. The molecule has 1 aliphatic rings. The van der Waals surface area contributed by atoms with Crippen LogP contribution in [0.3, 0.4) is 0 Å². The van der Waals surface area contributed by atoms with Gasteiger partial charge < -0.3 is 34.7 Å². The van der Waals surface area contributed by atoms with E-state index in [4.69, 9.17) is 18.9 Å². The smallest absolute Gasteiger partial charge is 0.255 e. The summed E-state index contributed by atoms with van der Waals surface area (Å²) in [5.41, 5.74) is 0.488. The van der Waals surface area contributed by atoms with Gasteiger partial charge in [0.2, 0.25) is 5.75 Å². The Labute approximate surface area is 188 Å². The molecular weight excluding hydrogens is 412 g/mol. The maximum absolute atomic E-state index is 12.4. The SMILES string of the molecule is C=CCCOc1ccccc1C(=O)NCCNCC(O)COc1cccc2c1OCCO2. The van der Waals surface area contributed by atoms with Crippen molar-refractivity contribution in [1.29, 1.82) is 0 Å². The fraction of sp³-hybridized carbons (Fsp3) is 0.375. The summed E-state index contributed by atoms with van der Waals surface area (Å²) in [6.07, 6.45) is 1.76. The number of aliphatic hydroxyl groups is 1. The van der Waals surface area contributed by atoms with Gasteiger partial charge in [0.15, 0.2) is 11.5 Å². The van der Waals surface area contributed by atoms with E-state index >= 15 is 0 Å². The molecule has 1 atom stereocenters.